The molecule has 2 aromatic rings. The summed E-state index contributed by atoms with van der Waals surface area (Å²) >= 11 is 0. The van der Waals surface area contributed by atoms with E-state index in [4.69, 9.17) is 9.84 Å². The highest BCUT2D eigenvalue weighted by Gasteiger charge is 2.29. The lowest BCUT2D eigenvalue weighted by atomic mass is 10.1. The van der Waals surface area contributed by atoms with Gasteiger partial charge >= 0.3 is 5.97 Å². The molecular formula is C15H16N4O6. The van der Waals surface area contributed by atoms with E-state index in [9.17, 15) is 19.5 Å². The van der Waals surface area contributed by atoms with Gasteiger partial charge in [-0.05, 0) is 0 Å². The Balaban J connectivity index is 2.07. The molecule has 1 aliphatic rings. The number of hydrogen-bond acceptors (Lipinski definition) is 6. The van der Waals surface area contributed by atoms with E-state index in [-0.39, 0.29) is 19.8 Å². The third-order valence-electron chi connectivity index (χ3n) is 3.85. The predicted octanol–water partition coefficient (Wildman–Crippen LogP) is -0.820. The molecule has 0 atom stereocenters. The maximum Gasteiger partial charge on any atom is 0.322 e. The number of aromatic hydroxyl groups is 1. The summed E-state index contributed by atoms with van der Waals surface area (Å²) in [6, 6.07) is 0. The van der Waals surface area contributed by atoms with Crippen LogP contribution in [0.1, 0.15) is 27.3 Å². The largest absolute Gasteiger partial charge is 0.506 e. The average molecular weight is 348 g/mol. The minimum absolute atomic E-state index is 0.0584. The minimum atomic E-state index is -1.26. The number of ether oxygens (including phenoxy) is 1. The van der Waals surface area contributed by atoms with Crippen molar-refractivity contribution in [3.8, 4) is 5.75 Å². The number of carbonyl (C=O) groups is 2. The van der Waals surface area contributed by atoms with Gasteiger partial charge in [0.1, 0.15) is 17.9 Å². The maximum atomic E-state index is 12.8. The van der Waals surface area contributed by atoms with Crippen molar-refractivity contribution in [3.63, 3.8) is 0 Å². The fourth-order valence-electron chi connectivity index (χ4n) is 2.70. The zero-order valence-corrected chi connectivity index (χ0v) is 13.4. The first-order chi connectivity index (χ1) is 11.9. The standard InChI is InChI=1S/C15H16N4O6/c1-18-3-8(17-7-18)4-19-10-6-25-5-9(10)13(22)12(15(19)24)14(23)16-2-11(20)21/h3,7,22H,2,4-6H2,1H3,(H,16,23)(H,20,21). The van der Waals surface area contributed by atoms with Crippen molar-refractivity contribution in [1.82, 2.24) is 19.4 Å². The Labute approximate surface area is 141 Å². The number of fused-ring (bicyclic) bond motifs is 1. The van der Waals surface area contributed by atoms with Crippen molar-refractivity contribution in [3.05, 3.63) is 45.4 Å². The Morgan fingerprint density at radius 1 is 1.40 bits per heavy atom. The molecule has 0 radical (unpaired) electrons. The second kappa shape index (κ2) is 6.40. The topological polar surface area (TPSA) is 136 Å². The van der Waals surface area contributed by atoms with Crippen LogP contribution in [0.3, 0.4) is 0 Å². The van der Waals surface area contributed by atoms with E-state index in [1.165, 1.54) is 4.57 Å². The normalized spacial score (nSPS) is 12.8. The van der Waals surface area contributed by atoms with Crippen molar-refractivity contribution in [2.45, 2.75) is 19.8 Å². The number of amides is 1. The number of carbonyl (C=O) groups excluding carboxylic acids is 1. The van der Waals surface area contributed by atoms with Crippen LogP contribution in [0, 0.1) is 0 Å². The van der Waals surface area contributed by atoms with E-state index in [1.54, 1.807) is 24.1 Å². The summed E-state index contributed by atoms with van der Waals surface area (Å²) in [5, 5.41) is 21.1. The SMILES string of the molecule is Cn1cnc(Cn2c3c(c(O)c(C(=O)NCC(=O)O)c2=O)COC3)c1. The quantitative estimate of drug-likeness (QED) is 0.642. The molecule has 0 saturated carbocycles. The van der Waals surface area contributed by atoms with Crippen LogP contribution < -0.4 is 10.9 Å². The molecule has 132 valence electrons. The number of imidazole rings is 1. The average Bonchev–Trinajstić information content (AvgIpc) is 3.18. The van der Waals surface area contributed by atoms with E-state index < -0.39 is 35.3 Å². The number of aromatic nitrogens is 3. The molecule has 10 heteroatoms. The zero-order valence-electron chi connectivity index (χ0n) is 13.4. The van der Waals surface area contributed by atoms with Crippen LogP contribution in [0.15, 0.2) is 17.3 Å². The van der Waals surface area contributed by atoms with Crippen LogP contribution in [-0.2, 0) is 36.3 Å². The predicted molar refractivity (Wildman–Crippen MR) is 83.1 cm³/mol. The summed E-state index contributed by atoms with van der Waals surface area (Å²) in [6.07, 6.45) is 3.31. The third-order valence-corrected chi connectivity index (χ3v) is 3.85. The summed E-state index contributed by atoms with van der Waals surface area (Å²) in [4.78, 5) is 39.7. The first-order valence-corrected chi connectivity index (χ1v) is 7.40. The molecule has 3 N–H and O–H groups in total. The molecule has 10 nitrogen and oxygen atoms in total. The van der Waals surface area contributed by atoms with Gasteiger partial charge in [0.05, 0.1) is 37.5 Å². The number of aryl methyl sites for hydroxylation is 1. The number of aliphatic carboxylic acids is 1. The van der Waals surface area contributed by atoms with Gasteiger partial charge in [0.25, 0.3) is 11.5 Å². The number of hydrogen-bond donors (Lipinski definition) is 3. The van der Waals surface area contributed by atoms with Gasteiger partial charge in [-0.2, -0.15) is 0 Å². The van der Waals surface area contributed by atoms with E-state index in [1.807, 2.05) is 0 Å². The van der Waals surface area contributed by atoms with E-state index in [0.717, 1.165) is 0 Å². The first-order valence-electron chi connectivity index (χ1n) is 7.40. The summed E-state index contributed by atoms with van der Waals surface area (Å²) in [5.41, 5.74) is 0.192. The molecule has 0 fully saturated rings. The van der Waals surface area contributed by atoms with Crippen LogP contribution in [0.5, 0.6) is 5.75 Å². The summed E-state index contributed by atoms with van der Waals surface area (Å²) < 4.78 is 8.34. The molecule has 3 heterocycles. The van der Waals surface area contributed by atoms with E-state index in [0.29, 0.717) is 17.0 Å². The molecule has 0 aromatic carbocycles. The Kier molecular flexibility index (Phi) is 4.28. The fourth-order valence-corrected chi connectivity index (χ4v) is 2.70. The molecule has 3 rings (SSSR count). The minimum Gasteiger partial charge on any atom is -0.506 e. The van der Waals surface area contributed by atoms with Crippen LogP contribution >= 0.6 is 0 Å². The van der Waals surface area contributed by atoms with Crippen molar-refractivity contribution in [1.29, 1.82) is 0 Å². The van der Waals surface area contributed by atoms with Crippen LogP contribution in [0.25, 0.3) is 0 Å². The Hall–Kier alpha value is -3.14. The molecule has 1 amide bonds. The first kappa shape index (κ1) is 16.7. The maximum absolute atomic E-state index is 12.8. The van der Waals surface area contributed by atoms with Gasteiger partial charge < -0.3 is 29.4 Å². The Bertz CT molecular complexity index is 913. The second-order valence-electron chi connectivity index (χ2n) is 5.64. The molecule has 25 heavy (non-hydrogen) atoms. The zero-order chi connectivity index (χ0) is 18.1. The van der Waals surface area contributed by atoms with Crippen molar-refractivity contribution in [2.24, 2.45) is 7.05 Å². The lowest BCUT2D eigenvalue weighted by Gasteiger charge is -2.14. The number of nitrogens with one attached hydrogen (secondary N) is 1. The Morgan fingerprint density at radius 2 is 2.16 bits per heavy atom. The van der Waals surface area contributed by atoms with Gasteiger partial charge in [-0.1, -0.05) is 0 Å². The number of nitrogens with zero attached hydrogens (tertiary/aromatic N) is 3. The summed E-state index contributed by atoms with van der Waals surface area (Å²) in [5.74, 6) is -2.68. The highest BCUT2D eigenvalue weighted by atomic mass is 16.5. The number of rotatable bonds is 5. The van der Waals surface area contributed by atoms with Gasteiger partial charge in [0, 0.05) is 18.8 Å². The van der Waals surface area contributed by atoms with Gasteiger partial charge in [-0.25, -0.2) is 4.98 Å². The highest BCUT2D eigenvalue weighted by molar-refractivity contribution is 5.98. The van der Waals surface area contributed by atoms with Crippen LogP contribution in [-0.4, -0.2) is 42.8 Å². The van der Waals surface area contributed by atoms with Gasteiger partial charge in [0.2, 0.25) is 0 Å². The molecule has 0 unspecified atom stereocenters. The molecule has 2 aromatic heterocycles. The van der Waals surface area contributed by atoms with Gasteiger partial charge in [0.15, 0.2) is 0 Å². The number of carboxylic acid groups (broad SMARTS) is 1. The van der Waals surface area contributed by atoms with Gasteiger partial charge in [-0.15, -0.1) is 0 Å². The van der Waals surface area contributed by atoms with E-state index in [2.05, 4.69) is 10.3 Å². The third kappa shape index (κ3) is 3.11. The number of carboxylic acids is 1. The number of pyridine rings is 1. The molecular weight excluding hydrogens is 332 g/mol. The molecule has 0 saturated heterocycles. The van der Waals surface area contributed by atoms with Crippen LogP contribution in [0.2, 0.25) is 0 Å². The highest BCUT2D eigenvalue weighted by Crippen LogP contribution is 2.29. The van der Waals surface area contributed by atoms with Gasteiger partial charge in [-0.3, -0.25) is 14.4 Å². The van der Waals surface area contributed by atoms with E-state index >= 15 is 0 Å². The molecule has 0 bridgehead atoms. The van der Waals surface area contributed by atoms with Crippen molar-refractivity contribution < 1.29 is 24.5 Å². The molecule has 0 aliphatic carbocycles. The summed E-state index contributed by atoms with van der Waals surface area (Å²) in [7, 11) is 1.79. The lowest BCUT2D eigenvalue weighted by Crippen LogP contribution is -2.37. The molecule has 0 spiro atoms. The monoisotopic (exact) mass is 348 g/mol. The smallest absolute Gasteiger partial charge is 0.322 e. The van der Waals surface area contributed by atoms with Crippen molar-refractivity contribution in [2.75, 3.05) is 6.54 Å². The molecule has 1 aliphatic heterocycles. The fraction of sp³-hybridized carbons (Fsp3) is 0.333. The van der Waals surface area contributed by atoms with Crippen LogP contribution in [0.4, 0.5) is 0 Å². The summed E-state index contributed by atoms with van der Waals surface area (Å²) in [6.45, 7) is -0.374. The van der Waals surface area contributed by atoms with Crippen molar-refractivity contribution >= 4 is 11.9 Å². The Morgan fingerprint density at radius 3 is 2.80 bits per heavy atom. The lowest BCUT2D eigenvalue weighted by molar-refractivity contribution is -0.135. The second-order valence-corrected chi connectivity index (χ2v) is 5.64.